The van der Waals surface area contributed by atoms with E-state index in [2.05, 4.69) is 4.72 Å². The highest BCUT2D eigenvalue weighted by Crippen LogP contribution is 2.35. The molecule has 7 nitrogen and oxygen atoms in total. The van der Waals surface area contributed by atoms with Gasteiger partial charge in [-0.15, -0.1) is 0 Å². The van der Waals surface area contributed by atoms with Crippen molar-refractivity contribution in [3.05, 3.63) is 69.1 Å². The molecule has 0 fully saturated rings. The van der Waals surface area contributed by atoms with Crippen molar-refractivity contribution in [2.24, 2.45) is 5.92 Å². The van der Waals surface area contributed by atoms with Crippen molar-refractivity contribution in [1.82, 2.24) is 4.72 Å². The number of fused-ring (bicyclic) bond motifs is 3. The normalized spacial score (nSPS) is 15.2. The number of aryl methyl sites for hydroxylation is 3. The van der Waals surface area contributed by atoms with Crippen LogP contribution < -0.4 is 15.1 Å². The van der Waals surface area contributed by atoms with Gasteiger partial charge in [-0.25, -0.2) is 18.0 Å². The number of benzene rings is 2. The topological polar surface area (TPSA) is 103 Å². The van der Waals surface area contributed by atoms with Gasteiger partial charge in [0.25, 0.3) is 0 Å². The predicted octanol–water partition coefficient (Wildman–Crippen LogP) is 4.20. The maximum atomic E-state index is 13.4. The summed E-state index contributed by atoms with van der Waals surface area (Å²) in [5, 5.41) is 0.607. The van der Waals surface area contributed by atoms with E-state index < -0.39 is 22.0 Å². The Morgan fingerprint density at radius 3 is 2.44 bits per heavy atom. The zero-order chi connectivity index (χ0) is 24.6. The van der Waals surface area contributed by atoms with Crippen LogP contribution in [0.1, 0.15) is 48.9 Å². The summed E-state index contributed by atoms with van der Waals surface area (Å²) >= 11 is 0. The molecule has 0 spiro atoms. The Morgan fingerprint density at radius 2 is 1.76 bits per heavy atom. The Morgan fingerprint density at radius 1 is 1.09 bits per heavy atom. The quantitative estimate of drug-likeness (QED) is 0.307. The molecule has 0 radical (unpaired) electrons. The molecule has 2 aromatic carbocycles. The molecule has 1 heterocycles. The van der Waals surface area contributed by atoms with Gasteiger partial charge < -0.3 is 9.15 Å². The van der Waals surface area contributed by atoms with Crippen LogP contribution in [0.15, 0.2) is 50.5 Å². The summed E-state index contributed by atoms with van der Waals surface area (Å²) in [6.07, 6.45) is 2.71. The van der Waals surface area contributed by atoms with Gasteiger partial charge >= 0.3 is 11.6 Å². The number of hydrogen-bond donors (Lipinski definition) is 1. The van der Waals surface area contributed by atoms with Crippen molar-refractivity contribution in [2.45, 2.75) is 64.3 Å². The second-order valence-electron chi connectivity index (χ2n) is 9.06. The molecule has 0 bridgehead atoms. The highest BCUT2D eigenvalue weighted by molar-refractivity contribution is 7.89. The number of nitrogens with one attached hydrogen (secondary N) is 1. The monoisotopic (exact) mass is 483 g/mol. The summed E-state index contributed by atoms with van der Waals surface area (Å²) in [6.45, 7) is 7.37. The molecule has 1 aliphatic rings. The maximum Gasteiger partial charge on any atom is 0.339 e. The highest BCUT2D eigenvalue weighted by Gasteiger charge is 2.32. The van der Waals surface area contributed by atoms with Crippen LogP contribution in [0.4, 0.5) is 0 Å². The van der Waals surface area contributed by atoms with E-state index in [1.807, 2.05) is 20.8 Å². The molecule has 0 saturated carbocycles. The molecular weight excluding hydrogens is 454 g/mol. The van der Waals surface area contributed by atoms with E-state index in [0.29, 0.717) is 35.8 Å². The van der Waals surface area contributed by atoms with E-state index in [-0.39, 0.29) is 22.2 Å². The standard InChI is InChI=1S/C26H29NO6S/c1-5-17(4)24(27-34(30,31)18-11-9-15(2)10-12-18)26(29)33-22-14-16(3)13-21-23(22)19-7-6-8-20(19)25(28)32-21/h9-14,17,24,27H,5-8H2,1-4H3/t17-,24-/m1/s1. The SMILES string of the molecule is CC[C@@H](C)[C@@H](NS(=O)(=O)c1ccc(C)cc1)C(=O)Oc1cc(C)cc2oc(=O)c3c(c12)CCC3. The van der Waals surface area contributed by atoms with Crippen LogP contribution in [-0.2, 0) is 27.7 Å². The summed E-state index contributed by atoms with van der Waals surface area (Å²) < 4.78 is 39.9. The zero-order valence-electron chi connectivity index (χ0n) is 19.8. The van der Waals surface area contributed by atoms with Crippen molar-refractivity contribution < 1.29 is 22.4 Å². The lowest BCUT2D eigenvalue weighted by molar-refractivity contribution is -0.137. The number of ether oxygens (including phenoxy) is 1. The Labute approximate surface area is 199 Å². The van der Waals surface area contributed by atoms with Gasteiger partial charge in [0.1, 0.15) is 17.4 Å². The van der Waals surface area contributed by atoms with Crippen LogP contribution in [0.5, 0.6) is 5.75 Å². The molecule has 3 aromatic rings. The van der Waals surface area contributed by atoms with Crippen LogP contribution in [0, 0.1) is 19.8 Å². The third-order valence-electron chi connectivity index (χ3n) is 6.47. The van der Waals surface area contributed by atoms with Gasteiger partial charge in [0.2, 0.25) is 10.0 Å². The molecule has 0 aliphatic heterocycles. The molecule has 34 heavy (non-hydrogen) atoms. The Bertz CT molecular complexity index is 1410. The van der Waals surface area contributed by atoms with E-state index in [0.717, 1.165) is 23.1 Å². The van der Waals surface area contributed by atoms with E-state index in [9.17, 15) is 18.0 Å². The molecule has 0 unspecified atom stereocenters. The van der Waals surface area contributed by atoms with Crippen LogP contribution in [0.25, 0.3) is 11.0 Å². The molecule has 1 aromatic heterocycles. The van der Waals surface area contributed by atoms with E-state index in [4.69, 9.17) is 9.15 Å². The molecular formula is C26H29NO6S. The van der Waals surface area contributed by atoms with Crippen LogP contribution in [0.2, 0.25) is 0 Å². The number of rotatable bonds is 7. The van der Waals surface area contributed by atoms with Gasteiger partial charge in [0, 0.05) is 5.56 Å². The molecule has 1 aliphatic carbocycles. The first-order chi connectivity index (χ1) is 16.1. The van der Waals surface area contributed by atoms with Crippen molar-refractivity contribution in [2.75, 3.05) is 0 Å². The first kappa shape index (κ1) is 24.2. The number of hydrogen-bond acceptors (Lipinski definition) is 6. The Balaban J connectivity index is 1.71. The van der Waals surface area contributed by atoms with Crippen molar-refractivity contribution >= 4 is 27.0 Å². The smallest absolute Gasteiger partial charge is 0.339 e. The molecule has 4 rings (SSSR count). The minimum absolute atomic E-state index is 0.0832. The van der Waals surface area contributed by atoms with Crippen molar-refractivity contribution in [3.8, 4) is 5.75 Å². The van der Waals surface area contributed by atoms with Crippen molar-refractivity contribution in [1.29, 1.82) is 0 Å². The fraction of sp³-hybridized carbons (Fsp3) is 0.385. The first-order valence-electron chi connectivity index (χ1n) is 11.5. The second-order valence-corrected chi connectivity index (χ2v) is 10.8. The summed E-state index contributed by atoms with van der Waals surface area (Å²) in [7, 11) is -3.95. The summed E-state index contributed by atoms with van der Waals surface area (Å²) in [5.41, 5.74) is 3.17. The van der Waals surface area contributed by atoms with Gasteiger partial charge in [0.15, 0.2) is 0 Å². The Kier molecular flexibility index (Phi) is 6.64. The summed E-state index contributed by atoms with van der Waals surface area (Å²) in [5.74, 6) is -0.730. The van der Waals surface area contributed by atoms with Crippen LogP contribution >= 0.6 is 0 Å². The minimum atomic E-state index is -3.95. The summed E-state index contributed by atoms with van der Waals surface area (Å²) in [6, 6.07) is 8.82. The fourth-order valence-electron chi connectivity index (χ4n) is 4.34. The van der Waals surface area contributed by atoms with Crippen LogP contribution in [-0.4, -0.2) is 20.4 Å². The lowest BCUT2D eigenvalue weighted by Crippen LogP contribution is -2.47. The molecule has 2 atom stereocenters. The molecule has 8 heteroatoms. The third kappa shape index (κ3) is 4.65. The van der Waals surface area contributed by atoms with Gasteiger partial charge in [-0.2, -0.15) is 4.72 Å². The fourth-order valence-corrected chi connectivity index (χ4v) is 5.64. The average molecular weight is 484 g/mol. The van der Waals surface area contributed by atoms with E-state index in [1.165, 1.54) is 12.1 Å². The van der Waals surface area contributed by atoms with E-state index in [1.54, 1.807) is 31.2 Å². The lowest BCUT2D eigenvalue weighted by Gasteiger charge is -2.23. The van der Waals surface area contributed by atoms with Gasteiger partial charge in [0.05, 0.1) is 10.3 Å². The Hall–Kier alpha value is -2.97. The molecule has 0 saturated heterocycles. The predicted molar refractivity (Wildman–Crippen MR) is 130 cm³/mol. The zero-order valence-corrected chi connectivity index (χ0v) is 20.6. The third-order valence-corrected chi connectivity index (χ3v) is 7.93. The second kappa shape index (κ2) is 9.35. The average Bonchev–Trinajstić information content (AvgIpc) is 3.27. The van der Waals surface area contributed by atoms with Crippen LogP contribution in [0.3, 0.4) is 0 Å². The highest BCUT2D eigenvalue weighted by atomic mass is 32.2. The number of esters is 1. The lowest BCUT2D eigenvalue weighted by atomic mass is 10.00. The maximum absolute atomic E-state index is 13.4. The largest absolute Gasteiger partial charge is 0.425 e. The van der Waals surface area contributed by atoms with Gasteiger partial charge in [-0.3, -0.25) is 0 Å². The molecule has 1 N–H and O–H groups in total. The van der Waals surface area contributed by atoms with Crippen molar-refractivity contribution in [3.63, 3.8) is 0 Å². The van der Waals surface area contributed by atoms with Gasteiger partial charge in [-0.1, -0.05) is 38.0 Å². The number of carbonyl (C=O) groups excluding carboxylic acids is 1. The molecule has 0 amide bonds. The van der Waals surface area contributed by atoms with Gasteiger partial charge in [-0.05, 0) is 74.4 Å². The number of carbonyl (C=O) groups is 1. The first-order valence-corrected chi connectivity index (χ1v) is 13.0. The summed E-state index contributed by atoms with van der Waals surface area (Å²) in [4.78, 5) is 25.8. The number of sulfonamides is 1. The molecule has 180 valence electrons. The minimum Gasteiger partial charge on any atom is -0.425 e. The van der Waals surface area contributed by atoms with E-state index >= 15 is 0 Å².